The molecule has 2 amide bonds. The normalized spacial score (nSPS) is 24.9. The van der Waals surface area contributed by atoms with Crippen LogP contribution in [0.4, 0.5) is 0 Å². The van der Waals surface area contributed by atoms with Crippen molar-refractivity contribution < 1.29 is 14.7 Å². The molecule has 0 bridgehead atoms. The highest BCUT2D eigenvalue weighted by Gasteiger charge is 2.48. The summed E-state index contributed by atoms with van der Waals surface area (Å²) in [5.74, 6) is -0.201. The quantitative estimate of drug-likeness (QED) is 0.794. The Bertz CT molecular complexity index is 841. The topological polar surface area (TPSA) is 69.6 Å². The van der Waals surface area contributed by atoms with Gasteiger partial charge in [0.15, 0.2) is 0 Å². The molecule has 5 nitrogen and oxygen atoms in total. The van der Waals surface area contributed by atoms with E-state index in [4.69, 9.17) is 0 Å². The van der Waals surface area contributed by atoms with Gasteiger partial charge in [0.05, 0.1) is 17.7 Å². The fourth-order valence-electron chi connectivity index (χ4n) is 3.85. The molecule has 1 aliphatic rings. The van der Waals surface area contributed by atoms with Gasteiger partial charge in [0.2, 0.25) is 5.91 Å². The van der Waals surface area contributed by atoms with Crippen LogP contribution in [-0.2, 0) is 4.79 Å². The van der Waals surface area contributed by atoms with E-state index >= 15 is 0 Å². The molecule has 156 valence electrons. The van der Waals surface area contributed by atoms with Crippen LogP contribution in [0.15, 0.2) is 47.8 Å². The third-order valence-electron chi connectivity index (χ3n) is 5.30. The number of carbonyl (C=O) groups is 2. The van der Waals surface area contributed by atoms with Gasteiger partial charge in [-0.25, -0.2) is 0 Å². The third kappa shape index (κ3) is 5.06. The molecule has 1 aromatic carbocycles. The van der Waals surface area contributed by atoms with Gasteiger partial charge in [-0.2, -0.15) is 0 Å². The number of piperidine rings is 1. The molecule has 1 fully saturated rings. The Morgan fingerprint density at radius 3 is 2.48 bits per heavy atom. The van der Waals surface area contributed by atoms with Crippen LogP contribution in [-0.4, -0.2) is 40.0 Å². The summed E-state index contributed by atoms with van der Waals surface area (Å²) in [6, 6.07) is 12.1. The first-order chi connectivity index (χ1) is 13.6. The smallest absolute Gasteiger partial charge is 0.254 e. The van der Waals surface area contributed by atoms with Crippen molar-refractivity contribution in [3.63, 3.8) is 0 Å². The summed E-state index contributed by atoms with van der Waals surface area (Å²) in [6.07, 6.45) is 0.747. The van der Waals surface area contributed by atoms with E-state index in [1.807, 2.05) is 56.5 Å². The van der Waals surface area contributed by atoms with Crippen LogP contribution in [0.5, 0.6) is 0 Å². The van der Waals surface area contributed by atoms with Crippen LogP contribution in [0.1, 0.15) is 61.8 Å². The molecule has 2 N–H and O–H groups in total. The monoisotopic (exact) mass is 414 g/mol. The van der Waals surface area contributed by atoms with Crippen LogP contribution in [0.25, 0.3) is 0 Å². The summed E-state index contributed by atoms with van der Waals surface area (Å²) in [5.41, 5.74) is -0.673. The minimum absolute atomic E-state index is 0.0884. The molecule has 1 saturated heterocycles. The number of amides is 2. The summed E-state index contributed by atoms with van der Waals surface area (Å²) < 4.78 is 0. The average molecular weight is 415 g/mol. The highest BCUT2D eigenvalue weighted by molar-refractivity contribution is 7.10. The second kappa shape index (κ2) is 8.28. The standard InChI is InChI=1S/C23H30N2O3S/c1-22(2,3)15-18(26)24-20-19(17-11-8-14-29-17)25(13-12-23(20,4)28)21(27)16-9-6-5-7-10-16/h5-11,14,19-20,28H,12-13,15H2,1-4H3,(H,24,26)/t19-,20-,23+/m0/s1. The first-order valence-corrected chi connectivity index (χ1v) is 10.9. The number of nitrogens with zero attached hydrogens (tertiary/aromatic N) is 1. The zero-order valence-corrected chi connectivity index (χ0v) is 18.3. The average Bonchev–Trinajstić information content (AvgIpc) is 3.16. The SMILES string of the molecule is CC(C)(C)CC(=O)N[C@H]1[C@H](c2cccs2)N(C(=O)c2ccccc2)CC[C@@]1(C)O. The number of aliphatic hydroxyl groups is 1. The van der Waals surface area contributed by atoms with E-state index in [1.165, 1.54) is 11.3 Å². The van der Waals surface area contributed by atoms with Gasteiger partial charge in [-0.15, -0.1) is 11.3 Å². The van der Waals surface area contributed by atoms with Crippen molar-refractivity contribution in [2.24, 2.45) is 5.41 Å². The van der Waals surface area contributed by atoms with Crippen LogP contribution in [0.2, 0.25) is 0 Å². The molecular weight excluding hydrogens is 384 g/mol. The van der Waals surface area contributed by atoms with Crippen molar-refractivity contribution in [2.75, 3.05) is 6.54 Å². The van der Waals surface area contributed by atoms with Gasteiger partial charge in [0, 0.05) is 23.4 Å². The lowest BCUT2D eigenvalue weighted by atomic mass is 9.81. The number of hydrogen-bond acceptors (Lipinski definition) is 4. The zero-order valence-electron chi connectivity index (χ0n) is 17.5. The Balaban J connectivity index is 1.96. The fourth-order valence-corrected chi connectivity index (χ4v) is 4.73. The van der Waals surface area contributed by atoms with Crippen LogP contribution < -0.4 is 5.32 Å². The summed E-state index contributed by atoms with van der Waals surface area (Å²) >= 11 is 1.53. The van der Waals surface area contributed by atoms with E-state index in [1.54, 1.807) is 24.0 Å². The van der Waals surface area contributed by atoms with Gasteiger partial charge in [-0.05, 0) is 42.3 Å². The van der Waals surface area contributed by atoms with E-state index in [0.717, 1.165) is 4.88 Å². The Kier molecular flexibility index (Phi) is 6.15. The number of likely N-dealkylation sites (tertiary alicyclic amines) is 1. The third-order valence-corrected chi connectivity index (χ3v) is 6.25. The van der Waals surface area contributed by atoms with Gasteiger partial charge in [-0.1, -0.05) is 45.0 Å². The second-order valence-electron chi connectivity index (χ2n) is 9.21. The van der Waals surface area contributed by atoms with Crippen molar-refractivity contribution in [3.8, 4) is 0 Å². The molecule has 0 spiro atoms. The first kappa shape index (κ1) is 21.5. The largest absolute Gasteiger partial charge is 0.388 e. The van der Waals surface area contributed by atoms with Gasteiger partial charge in [0.25, 0.3) is 5.91 Å². The molecule has 2 aromatic rings. The number of benzene rings is 1. The van der Waals surface area contributed by atoms with E-state index < -0.39 is 17.7 Å². The molecule has 3 atom stereocenters. The molecule has 3 rings (SSSR count). The van der Waals surface area contributed by atoms with Crippen molar-refractivity contribution in [1.29, 1.82) is 0 Å². The minimum atomic E-state index is -1.12. The highest BCUT2D eigenvalue weighted by Crippen LogP contribution is 2.39. The maximum atomic E-state index is 13.3. The Labute approximate surface area is 176 Å². The molecule has 29 heavy (non-hydrogen) atoms. The van der Waals surface area contributed by atoms with Crippen molar-refractivity contribution >= 4 is 23.2 Å². The Morgan fingerprint density at radius 2 is 1.90 bits per heavy atom. The molecule has 0 saturated carbocycles. The number of carbonyl (C=O) groups excluding carboxylic acids is 2. The van der Waals surface area contributed by atoms with Gasteiger partial charge < -0.3 is 15.3 Å². The molecule has 1 aromatic heterocycles. The summed E-state index contributed by atoms with van der Waals surface area (Å²) in [6.45, 7) is 8.20. The van der Waals surface area contributed by atoms with E-state index in [2.05, 4.69) is 5.32 Å². The predicted octanol–water partition coefficient (Wildman–Crippen LogP) is 4.01. The number of rotatable bonds is 4. The minimum Gasteiger partial charge on any atom is -0.388 e. The van der Waals surface area contributed by atoms with Crippen LogP contribution in [0.3, 0.4) is 0 Å². The van der Waals surface area contributed by atoms with Crippen LogP contribution in [0, 0.1) is 5.41 Å². The Morgan fingerprint density at radius 1 is 1.21 bits per heavy atom. The molecule has 0 unspecified atom stereocenters. The summed E-state index contributed by atoms with van der Waals surface area (Å²) in [7, 11) is 0. The Hall–Kier alpha value is -2.18. The van der Waals surface area contributed by atoms with Gasteiger partial charge in [-0.3, -0.25) is 9.59 Å². The van der Waals surface area contributed by atoms with Crippen molar-refractivity contribution in [2.45, 2.75) is 58.2 Å². The van der Waals surface area contributed by atoms with Crippen LogP contribution >= 0.6 is 11.3 Å². The van der Waals surface area contributed by atoms with E-state index in [9.17, 15) is 14.7 Å². The lowest BCUT2D eigenvalue weighted by molar-refractivity contribution is -0.129. The molecule has 2 heterocycles. The van der Waals surface area contributed by atoms with E-state index in [-0.39, 0.29) is 17.2 Å². The van der Waals surface area contributed by atoms with Gasteiger partial charge >= 0.3 is 0 Å². The molecular formula is C23H30N2O3S. The number of thiophene rings is 1. The maximum Gasteiger partial charge on any atom is 0.254 e. The zero-order chi connectivity index (χ0) is 21.2. The predicted molar refractivity (Wildman–Crippen MR) is 116 cm³/mol. The van der Waals surface area contributed by atoms with Gasteiger partial charge in [0.1, 0.15) is 0 Å². The lowest BCUT2D eigenvalue weighted by Gasteiger charge is -2.48. The van der Waals surface area contributed by atoms with E-state index in [0.29, 0.717) is 24.9 Å². The second-order valence-corrected chi connectivity index (χ2v) is 10.2. The first-order valence-electron chi connectivity index (χ1n) is 10.00. The molecule has 6 heteroatoms. The molecule has 0 aliphatic carbocycles. The number of hydrogen-bond donors (Lipinski definition) is 2. The molecule has 0 radical (unpaired) electrons. The maximum absolute atomic E-state index is 13.3. The summed E-state index contributed by atoms with van der Waals surface area (Å²) in [4.78, 5) is 28.8. The number of nitrogens with one attached hydrogen (secondary N) is 1. The molecule has 1 aliphatic heterocycles. The van der Waals surface area contributed by atoms with Crippen molar-refractivity contribution in [1.82, 2.24) is 10.2 Å². The van der Waals surface area contributed by atoms with Crippen molar-refractivity contribution in [3.05, 3.63) is 58.3 Å². The highest BCUT2D eigenvalue weighted by atomic mass is 32.1. The fraction of sp³-hybridized carbons (Fsp3) is 0.478. The lowest BCUT2D eigenvalue weighted by Crippen LogP contribution is -2.63. The summed E-state index contributed by atoms with van der Waals surface area (Å²) in [5, 5.41) is 16.2.